The maximum Gasteiger partial charge on any atom is 0.270 e. The molecule has 3 N–H and O–H groups in total. The number of aromatic nitrogens is 4. The van der Waals surface area contributed by atoms with Gasteiger partial charge in [-0.3, -0.25) is 9.59 Å². The van der Waals surface area contributed by atoms with Crippen LogP contribution in [0.3, 0.4) is 0 Å². The van der Waals surface area contributed by atoms with Gasteiger partial charge in [-0.1, -0.05) is 11.6 Å². The number of likely N-dealkylation sites (tertiary alicyclic amines) is 2. The van der Waals surface area contributed by atoms with Crippen LogP contribution in [0.1, 0.15) is 20.8 Å². The van der Waals surface area contributed by atoms with E-state index >= 15 is 0 Å². The lowest BCUT2D eigenvalue weighted by Gasteiger charge is -2.50. The molecular weight excluding hydrogens is 456 g/mol. The third-order valence-electron chi connectivity index (χ3n) is 7.98. The van der Waals surface area contributed by atoms with E-state index in [1.165, 1.54) is 0 Å². The third-order valence-corrected chi connectivity index (χ3v) is 8.21. The molecule has 0 bridgehead atoms. The molecule has 2 unspecified atom stereocenters. The van der Waals surface area contributed by atoms with E-state index in [9.17, 15) is 14.7 Å². The number of aliphatic hydroxyl groups is 1. The highest BCUT2D eigenvalue weighted by Gasteiger charge is 2.68. The summed E-state index contributed by atoms with van der Waals surface area (Å²) in [6.45, 7) is 1.83. The number of hydrogen-bond donors (Lipinski definition) is 3. The van der Waals surface area contributed by atoms with E-state index in [-0.39, 0.29) is 36.1 Å². The van der Waals surface area contributed by atoms with Crippen molar-refractivity contribution in [2.45, 2.75) is 5.60 Å². The number of aromatic amines is 2. The molecule has 34 heavy (non-hydrogen) atoms. The number of fused-ring (bicyclic) bond motifs is 6. The van der Waals surface area contributed by atoms with Gasteiger partial charge in [0.1, 0.15) is 16.7 Å². The number of hydrogen-bond acceptors (Lipinski definition) is 5. The van der Waals surface area contributed by atoms with Crippen molar-refractivity contribution in [3.05, 3.63) is 58.7 Å². The lowest BCUT2D eigenvalue weighted by Crippen LogP contribution is -2.61. The molecule has 0 spiro atoms. The number of carbonyl (C=O) groups is 2. The maximum absolute atomic E-state index is 13.2. The summed E-state index contributed by atoms with van der Waals surface area (Å²) in [5, 5.41) is 23.6. The number of nitrogens with zero attached hydrogens (tertiary/aromatic N) is 4. The van der Waals surface area contributed by atoms with E-state index in [1.54, 1.807) is 35.2 Å². The SMILES string of the molecule is O=C(c1ccc2n[nH]nc2c1)N1C[C@@H]2C3CN(C(=O)c4cc5cc(Cl)ccc5[nH]4)CC3(O)[C@@H]2C1. The quantitative estimate of drug-likeness (QED) is 0.410. The molecule has 7 rings (SSSR count). The molecule has 1 aliphatic carbocycles. The van der Waals surface area contributed by atoms with E-state index in [4.69, 9.17) is 11.6 Å². The van der Waals surface area contributed by atoms with E-state index in [2.05, 4.69) is 20.4 Å². The first-order valence-electron chi connectivity index (χ1n) is 11.3. The molecule has 1 saturated carbocycles. The molecule has 172 valence electrons. The number of carbonyl (C=O) groups excluding carboxylic acids is 2. The highest BCUT2D eigenvalue weighted by atomic mass is 35.5. The summed E-state index contributed by atoms with van der Waals surface area (Å²) in [7, 11) is 0. The highest BCUT2D eigenvalue weighted by Crippen LogP contribution is 2.57. The first-order chi connectivity index (χ1) is 16.4. The molecule has 10 heteroatoms. The maximum atomic E-state index is 13.2. The smallest absolute Gasteiger partial charge is 0.270 e. The Hall–Kier alpha value is -3.43. The summed E-state index contributed by atoms with van der Waals surface area (Å²) >= 11 is 6.07. The van der Waals surface area contributed by atoms with E-state index < -0.39 is 5.60 Å². The second-order valence-electron chi connectivity index (χ2n) is 9.71. The molecule has 4 atom stereocenters. The van der Waals surface area contributed by atoms with Gasteiger partial charge in [0.2, 0.25) is 0 Å². The van der Waals surface area contributed by atoms with Gasteiger partial charge in [-0.25, -0.2) is 0 Å². The molecule has 0 radical (unpaired) electrons. The summed E-state index contributed by atoms with van der Waals surface area (Å²) in [6, 6.07) is 12.5. The highest BCUT2D eigenvalue weighted by molar-refractivity contribution is 6.31. The number of halogens is 1. The van der Waals surface area contributed by atoms with Crippen molar-refractivity contribution in [3.8, 4) is 0 Å². The van der Waals surface area contributed by atoms with E-state index in [0.29, 0.717) is 46.9 Å². The van der Waals surface area contributed by atoms with Gasteiger partial charge in [-0.05, 0) is 48.4 Å². The first-order valence-corrected chi connectivity index (χ1v) is 11.7. The molecule has 4 heterocycles. The number of H-pyrrole nitrogens is 2. The van der Waals surface area contributed by atoms with Crippen LogP contribution in [0, 0.1) is 17.8 Å². The molecule has 3 aliphatic rings. The van der Waals surface area contributed by atoms with Crippen LogP contribution in [0.4, 0.5) is 0 Å². The fourth-order valence-corrected chi connectivity index (χ4v) is 6.47. The summed E-state index contributed by atoms with van der Waals surface area (Å²) in [4.78, 5) is 33.1. The van der Waals surface area contributed by atoms with Gasteiger partial charge >= 0.3 is 0 Å². The zero-order valence-corrected chi connectivity index (χ0v) is 18.8. The molecule has 3 fully saturated rings. The first kappa shape index (κ1) is 20.0. The number of β-amino-alcohol motifs (C(OH)–C–C–N with tert-alkyl or cyclic N) is 1. The van der Waals surface area contributed by atoms with Crippen molar-refractivity contribution < 1.29 is 14.7 Å². The molecular formula is C24H21ClN6O3. The molecule has 2 aliphatic heterocycles. The van der Waals surface area contributed by atoms with Crippen LogP contribution in [0.15, 0.2) is 42.5 Å². The van der Waals surface area contributed by atoms with Crippen LogP contribution in [-0.2, 0) is 0 Å². The minimum atomic E-state index is -0.958. The van der Waals surface area contributed by atoms with Crippen LogP contribution < -0.4 is 0 Å². The van der Waals surface area contributed by atoms with Crippen molar-refractivity contribution >= 4 is 45.4 Å². The minimum absolute atomic E-state index is 0.0310. The number of nitrogens with one attached hydrogen (secondary N) is 2. The van der Waals surface area contributed by atoms with E-state index in [1.807, 2.05) is 17.0 Å². The normalized spacial score (nSPS) is 27.8. The monoisotopic (exact) mass is 476 g/mol. The fraction of sp³-hybridized carbons (Fsp3) is 0.333. The number of rotatable bonds is 2. The lowest BCUT2D eigenvalue weighted by atomic mass is 9.56. The minimum Gasteiger partial charge on any atom is -0.387 e. The van der Waals surface area contributed by atoms with Crippen LogP contribution in [0.2, 0.25) is 5.02 Å². The van der Waals surface area contributed by atoms with Gasteiger partial charge in [-0.2, -0.15) is 15.4 Å². The third kappa shape index (κ3) is 2.71. The van der Waals surface area contributed by atoms with Crippen LogP contribution in [-0.4, -0.2) is 78.9 Å². The van der Waals surface area contributed by atoms with Crippen molar-refractivity contribution in [3.63, 3.8) is 0 Å². The average molecular weight is 477 g/mol. The predicted molar refractivity (Wildman–Crippen MR) is 124 cm³/mol. The van der Waals surface area contributed by atoms with Gasteiger partial charge < -0.3 is 19.9 Å². The molecule has 2 aromatic heterocycles. The predicted octanol–water partition coefficient (Wildman–Crippen LogP) is 2.30. The molecule has 4 aromatic rings. The van der Waals surface area contributed by atoms with Crippen LogP contribution >= 0.6 is 11.6 Å². The Morgan fingerprint density at radius 2 is 1.76 bits per heavy atom. The van der Waals surface area contributed by atoms with Crippen molar-refractivity contribution in [1.29, 1.82) is 0 Å². The Morgan fingerprint density at radius 1 is 0.971 bits per heavy atom. The Labute approximate surface area is 198 Å². The fourth-order valence-electron chi connectivity index (χ4n) is 6.29. The summed E-state index contributed by atoms with van der Waals surface area (Å²) < 4.78 is 0. The van der Waals surface area contributed by atoms with Crippen LogP contribution in [0.5, 0.6) is 0 Å². The Balaban J connectivity index is 1.07. The average Bonchev–Trinajstić information content (AvgIpc) is 3.60. The molecule has 2 amide bonds. The Kier molecular flexibility index (Phi) is 4.00. The second-order valence-corrected chi connectivity index (χ2v) is 10.1. The van der Waals surface area contributed by atoms with Crippen molar-refractivity contribution in [2.75, 3.05) is 26.2 Å². The standard InChI is InChI=1S/C24H21ClN6O3/c25-14-2-4-18-13(5-14)7-21(26-18)23(33)31-10-17-15-8-30(9-16(15)24(17,34)11-31)22(32)12-1-3-19-20(6-12)28-29-27-19/h1-7,15-17,26,34H,8-11H2,(H,27,28,29)/t15-,16+,17?,24?/m0/s1. The van der Waals surface area contributed by atoms with Crippen LogP contribution in [0.25, 0.3) is 21.9 Å². The number of amides is 2. The summed E-state index contributed by atoms with van der Waals surface area (Å²) in [5.41, 5.74) is 2.31. The summed E-state index contributed by atoms with van der Waals surface area (Å²) in [5.74, 6) is -0.0654. The van der Waals surface area contributed by atoms with Gasteiger partial charge in [0.05, 0.1) is 12.1 Å². The van der Waals surface area contributed by atoms with Gasteiger partial charge in [-0.15, -0.1) is 0 Å². The van der Waals surface area contributed by atoms with E-state index in [0.717, 1.165) is 10.9 Å². The second kappa shape index (κ2) is 6.80. The largest absolute Gasteiger partial charge is 0.387 e. The van der Waals surface area contributed by atoms with Crippen molar-refractivity contribution in [1.82, 2.24) is 30.2 Å². The molecule has 9 nitrogen and oxygen atoms in total. The number of benzene rings is 2. The van der Waals surface area contributed by atoms with Gasteiger partial charge in [0, 0.05) is 53.0 Å². The van der Waals surface area contributed by atoms with Crippen molar-refractivity contribution in [2.24, 2.45) is 17.8 Å². The van der Waals surface area contributed by atoms with Gasteiger partial charge in [0.25, 0.3) is 11.8 Å². The lowest BCUT2D eigenvalue weighted by molar-refractivity contribution is -0.145. The topological polar surface area (TPSA) is 118 Å². The molecule has 2 saturated heterocycles. The van der Waals surface area contributed by atoms with Gasteiger partial charge in [0.15, 0.2) is 0 Å². The Bertz CT molecular complexity index is 1500. The zero-order chi connectivity index (χ0) is 23.2. The zero-order valence-electron chi connectivity index (χ0n) is 18.0. The Morgan fingerprint density at radius 3 is 2.62 bits per heavy atom. The summed E-state index contributed by atoms with van der Waals surface area (Å²) in [6.07, 6.45) is 0. The molecule has 2 aromatic carbocycles.